The Labute approximate surface area is 339 Å². The molecular formula is C38H39N11O8S2. The number of nitrogens with zero attached hydrogens (tertiary/aromatic N) is 8. The van der Waals surface area contributed by atoms with Gasteiger partial charge in [-0.1, -0.05) is 72.8 Å². The van der Waals surface area contributed by atoms with Gasteiger partial charge in [-0.2, -0.15) is 46.7 Å². The maximum absolute atomic E-state index is 12.6. The van der Waals surface area contributed by atoms with Crippen molar-refractivity contribution in [2.45, 2.75) is 9.79 Å². The van der Waals surface area contributed by atoms with Gasteiger partial charge in [-0.15, -0.1) is 0 Å². The lowest BCUT2D eigenvalue weighted by molar-refractivity contribution is 0.303. The number of para-hydroxylation sites is 1. The molecule has 7 N–H and O–H groups in total. The summed E-state index contributed by atoms with van der Waals surface area (Å²) in [5.41, 5.74) is 1.66. The fraction of sp³-hybridized carbons (Fsp3) is 0.158. The Bertz CT molecular complexity index is 2680. The Hall–Kier alpha value is -6.62. The van der Waals surface area contributed by atoms with Gasteiger partial charge >= 0.3 is 0 Å². The molecule has 0 aliphatic heterocycles. The van der Waals surface area contributed by atoms with E-state index in [9.17, 15) is 36.2 Å². The molecule has 306 valence electrons. The fourth-order valence-corrected chi connectivity index (χ4v) is 6.91. The summed E-state index contributed by atoms with van der Waals surface area (Å²) in [5.74, 6) is 0.942. The molecule has 0 aliphatic carbocycles. The zero-order chi connectivity index (χ0) is 42.2. The first-order valence-electron chi connectivity index (χ1n) is 17.7. The van der Waals surface area contributed by atoms with E-state index in [1.54, 1.807) is 48.2 Å². The van der Waals surface area contributed by atoms with Crippen LogP contribution in [0.2, 0.25) is 0 Å². The second-order valence-corrected chi connectivity index (χ2v) is 15.5. The highest BCUT2D eigenvalue weighted by atomic mass is 32.2. The van der Waals surface area contributed by atoms with Crippen molar-refractivity contribution in [1.82, 2.24) is 29.9 Å². The topological polar surface area (TPSA) is 269 Å². The van der Waals surface area contributed by atoms with E-state index in [1.165, 1.54) is 36.4 Å². The standard InChI is InChI=1S/C38H39N11O8S2/c1-48(19-21-50)37-43-33(27-9-5-3-6-10-27)42-34(45-37)40-29-17-15-25(31(23-29)58(52,53)54)13-14-26-16-18-30(24-32(26)59(55,56)57)41-36-44-35(39-28-11-7-4-8-12-28)46-38(47-36)49(2)20-22-51/h3-18,23-24,50-51H,19-22H2,1-2H3,(H,52,53,54)(H,55,56,57)(H,40,42,43,45)(H2,39,41,44,46,47). The summed E-state index contributed by atoms with van der Waals surface area (Å²) < 4.78 is 71.0. The molecule has 6 rings (SSSR count). The predicted octanol–water partition coefficient (Wildman–Crippen LogP) is 4.48. The lowest BCUT2D eigenvalue weighted by Gasteiger charge is -2.18. The van der Waals surface area contributed by atoms with Crippen molar-refractivity contribution in [3.05, 3.63) is 108 Å². The lowest BCUT2D eigenvalue weighted by Crippen LogP contribution is -2.24. The molecule has 59 heavy (non-hydrogen) atoms. The van der Waals surface area contributed by atoms with Crippen molar-refractivity contribution < 1.29 is 36.2 Å². The number of aromatic nitrogens is 6. The molecule has 0 aliphatic rings. The summed E-state index contributed by atoms with van der Waals surface area (Å²) in [4.78, 5) is 28.7. The normalized spacial score (nSPS) is 11.7. The predicted molar refractivity (Wildman–Crippen MR) is 224 cm³/mol. The van der Waals surface area contributed by atoms with Gasteiger partial charge in [-0.25, -0.2) is 0 Å². The van der Waals surface area contributed by atoms with Crippen molar-refractivity contribution in [2.75, 3.05) is 66.1 Å². The van der Waals surface area contributed by atoms with Crippen LogP contribution < -0.4 is 25.8 Å². The molecule has 0 radical (unpaired) electrons. The number of hydrogen-bond acceptors (Lipinski definition) is 17. The molecule has 0 unspecified atom stereocenters. The third-order valence-electron chi connectivity index (χ3n) is 8.40. The second-order valence-electron chi connectivity index (χ2n) is 12.8. The SMILES string of the molecule is CN(CCO)c1nc(Nc2ccccc2)nc(Nc2ccc(C=Cc3ccc(Nc4nc(-c5ccccc5)nc(N(C)CCO)n4)cc3S(=O)(=O)O)c(S(=O)(=O)O)c2)n1. The zero-order valence-corrected chi connectivity index (χ0v) is 33.2. The monoisotopic (exact) mass is 841 g/mol. The molecule has 0 saturated carbocycles. The number of rotatable bonds is 17. The van der Waals surface area contributed by atoms with Crippen LogP contribution in [0.25, 0.3) is 23.5 Å². The third kappa shape index (κ3) is 11.1. The molecule has 21 heteroatoms. The van der Waals surface area contributed by atoms with Crippen molar-refractivity contribution in [3.63, 3.8) is 0 Å². The summed E-state index contributed by atoms with van der Waals surface area (Å²) in [6.07, 6.45) is 2.53. The summed E-state index contributed by atoms with van der Waals surface area (Å²) in [6, 6.07) is 26.2. The molecular weight excluding hydrogens is 803 g/mol. The summed E-state index contributed by atoms with van der Waals surface area (Å²) >= 11 is 0. The maximum Gasteiger partial charge on any atom is 0.295 e. The lowest BCUT2D eigenvalue weighted by atomic mass is 10.1. The number of aliphatic hydroxyl groups is 2. The van der Waals surface area contributed by atoms with Crippen LogP contribution in [-0.2, 0) is 20.2 Å². The Morgan fingerprint density at radius 3 is 1.42 bits per heavy atom. The molecule has 0 amide bonds. The van der Waals surface area contributed by atoms with Crippen LogP contribution in [0.1, 0.15) is 11.1 Å². The van der Waals surface area contributed by atoms with E-state index in [2.05, 4.69) is 45.9 Å². The van der Waals surface area contributed by atoms with Gasteiger partial charge < -0.3 is 36.0 Å². The minimum atomic E-state index is -4.85. The zero-order valence-electron chi connectivity index (χ0n) is 31.5. The first kappa shape index (κ1) is 42.0. The van der Waals surface area contributed by atoms with Crippen LogP contribution >= 0.6 is 0 Å². The Morgan fingerprint density at radius 1 is 0.542 bits per heavy atom. The van der Waals surface area contributed by atoms with Crippen LogP contribution in [0.3, 0.4) is 0 Å². The van der Waals surface area contributed by atoms with Gasteiger partial charge in [0, 0.05) is 49.8 Å². The van der Waals surface area contributed by atoms with Gasteiger partial charge in [0.05, 0.1) is 13.2 Å². The summed E-state index contributed by atoms with van der Waals surface area (Å²) in [5, 5.41) is 27.9. The summed E-state index contributed by atoms with van der Waals surface area (Å²) in [7, 11) is -6.35. The number of likely N-dealkylation sites (N-methyl/N-ethyl adjacent to an activating group) is 2. The van der Waals surface area contributed by atoms with E-state index in [4.69, 9.17) is 0 Å². The third-order valence-corrected chi connectivity index (χ3v) is 10.2. The highest BCUT2D eigenvalue weighted by Crippen LogP contribution is 2.29. The van der Waals surface area contributed by atoms with E-state index < -0.39 is 30.0 Å². The van der Waals surface area contributed by atoms with Crippen LogP contribution in [0.15, 0.2) is 107 Å². The molecule has 19 nitrogen and oxygen atoms in total. The maximum atomic E-state index is 12.6. The molecule has 6 aromatic rings. The van der Waals surface area contributed by atoms with Gasteiger partial charge in [-0.05, 0) is 47.5 Å². The number of nitrogens with one attached hydrogen (secondary N) is 3. The minimum Gasteiger partial charge on any atom is -0.395 e. The van der Waals surface area contributed by atoms with Gasteiger partial charge in [0.2, 0.25) is 29.7 Å². The number of hydrogen-bond donors (Lipinski definition) is 7. The molecule has 0 bridgehead atoms. The quantitative estimate of drug-likeness (QED) is 0.0493. The summed E-state index contributed by atoms with van der Waals surface area (Å²) in [6.45, 7) is 0.0986. The number of anilines is 8. The molecule has 4 aromatic carbocycles. The highest BCUT2D eigenvalue weighted by Gasteiger charge is 2.20. The Morgan fingerprint density at radius 2 is 0.966 bits per heavy atom. The van der Waals surface area contributed by atoms with E-state index in [-0.39, 0.29) is 78.5 Å². The first-order valence-corrected chi connectivity index (χ1v) is 20.6. The van der Waals surface area contributed by atoms with Crippen molar-refractivity contribution in [2.24, 2.45) is 0 Å². The fourth-order valence-electron chi connectivity index (χ4n) is 5.49. The second kappa shape index (κ2) is 18.3. The van der Waals surface area contributed by atoms with E-state index in [0.717, 1.165) is 12.1 Å². The van der Waals surface area contributed by atoms with Crippen LogP contribution in [0.5, 0.6) is 0 Å². The van der Waals surface area contributed by atoms with Crippen LogP contribution in [0, 0.1) is 0 Å². The molecule has 0 spiro atoms. The van der Waals surface area contributed by atoms with Gasteiger partial charge in [0.15, 0.2) is 5.82 Å². The van der Waals surface area contributed by atoms with E-state index >= 15 is 0 Å². The molecule has 0 saturated heterocycles. The molecule has 2 aromatic heterocycles. The van der Waals surface area contributed by atoms with Gasteiger partial charge in [-0.3, -0.25) is 9.11 Å². The van der Waals surface area contributed by atoms with Crippen molar-refractivity contribution in [3.8, 4) is 11.4 Å². The molecule has 2 heterocycles. The highest BCUT2D eigenvalue weighted by molar-refractivity contribution is 7.86. The molecule has 0 fully saturated rings. The van der Waals surface area contributed by atoms with Gasteiger partial charge in [0.1, 0.15) is 9.79 Å². The minimum absolute atomic E-state index is 0.0103. The van der Waals surface area contributed by atoms with Gasteiger partial charge in [0.25, 0.3) is 20.2 Å². The van der Waals surface area contributed by atoms with Crippen molar-refractivity contribution in [1.29, 1.82) is 0 Å². The Kier molecular flexibility index (Phi) is 13.0. The smallest absolute Gasteiger partial charge is 0.295 e. The average Bonchev–Trinajstić information content (AvgIpc) is 3.20. The average molecular weight is 842 g/mol. The molecule has 0 atom stereocenters. The number of benzene rings is 4. The Balaban J connectivity index is 1.30. The largest absolute Gasteiger partial charge is 0.395 e. The van der Waals surface area contributed by atoms with E-state index in [0.29, 0.717) is 17.1 Å². The van der Waals surface area contributed by atoms with Crippen molar-refractivity contribution >= 4 is 79.2 Å². The van der Waals surface area contributed by atoms with Crippen LogP contribution in [-0.4, -0.2) is 106 Å². The van der Waals surface area contributed by atoms with E-state index in [1.807, 2.05) is 36.4 Å². The number of aliphatic hydroxyl groups excluding tert-OH is 2. The first-order chi connectivity index (χ1) is 28.2. The van der Waals surface area contributed by atoms with Crippen LogP contribution in [0.4, 0.5) is 46.8 Å².